The second-order valence-electron chi connectivity index (χ2n) is 7.34. The van der Waals surface area contributed by atoms with Crippen molar-refractivity contribution in [2.45, 2.75) is 25.8 Å². The van der Waals surface area contributed by atoms with E-state index >= 15 is 0 Å². The summed E-state index contributed by atoms with van der Waals surface area (Å²) in [5.74, 6) is 0.436. The fraction of sp³-hybridized carbons (Fsp3) is 0.450. The van der Waals surface area contributed by atoms with Crippen molar-refractivity contribution in [2.24, 2.45) is 11.8 Å². The molecule has 0 saturated carbocycles. The van der Waals surface area contributed by atoms with Crippen molar-refractivity contribution in [1.82, 2.24) is 9.88 Å². The van der Waals surface area contributed by atoms with Gasteiger partial charge in [-0.15, -0.1) is 0 Å². The van der Waals surface area contributed by atoms with Crippen molar-refractivity contribution in [2.75, 3.05) is 20.2 Å². The quantitative estimate of drug-likeness (QED) is 0.697. The second kappa shape index (κ2) is 6.00. The zero-order valence-electron chi connectivity index (χ0n) is 14.6. The van der Waals surface area contributed by atoms with Crippen molar-refractivity contribution in [3.63, 3.8) is 0 Å². The summed E-state index contributed by atoms with van der Waals surface area (Å²) in [4.78, 5) is 18.6. The minimum Gasteiger partial charge on any atom is -0.508 e. The average Bonchev–Trinajstić information content (AvgIpc) is 2.94. The minimum atomic E-state index is 0.0457. The topological polar surface area (TPSA) is 76.6 Å². The molecule has 5 nitrogen and oxygen atoms in total. The second-order valence-corrected chi connectivity index (χ2v) is 7.34. The number of phenols is 1. The highest BCUT2D eigenvalue weighted by Gasteiger charge is 2.42. The molecule has 25 heavy (non-hydrogen) atoms. The standard InChI is InChI=1S/C20H24N2O3/c1-3-11-9-22(2)18-7-15-14-6-12(24)4-5-17(14)21-20(15)19(25)8-13(11)16(18)10-23/h3-6,13,16,18,21,23-24H,7-10H2,1-2H3/b11-3+. The van der Waals surface area contributed by atoms with E-state index in [1.54, 1.807) is 12.1 Å². The molecule has 3 unspecified atom stereocenters. The van der Waals surface area contributed by atoms with Crippen LogP contribution in [0.2, 0.25) is 0 Å². The molecule has 1 fully saturated rings. The van der Waals surface area contributed by atoms with Crippen LogP contribution in [0.3, 0.4) is 0 Å². The highest BCUT2D eigenvalue weighted by atomic mass is 16.3. The van der Waals surface area contributed by atoms with Gasteiger partial charge in [0.25, 0.3) is 0 Å². The third-order valence-electron chi connectivity index (χ3n) is 6.05. The van der Waals surface area contributed by atoms with Gasteiger partial charge in [-0.1, -0.05) is 11.6 Å². The maximum atomic E-state index is 13.0. The zero-order chi connectivity index (χ0) is 17.7. The number of Topliss-reactive ketones (excluding diaryl/α,β-unsaturated/α-hetero) is 1. The van der Waals surface area contributed by atoms with Crippen molar-refractivity contribution in [3.8, 4) is 5.75 Å². The van der Waals surface area contributed by atoms with Gasteiger partial charge < -0.3 is 15.2 Å². The van der Waals surface area contributed by atoms with Crippen LogP contribution in [0, 0.1) is 11.8 Å². The number of benzene rings is 1. The first-order chi connectivity index (χ1) is 12.0. The molecule has 2 heterocycles. The van der Waals surface area contributed by atoms with Crippen LogP contribution in [0.5, 0.6) is 5.75 Å². The molecule has 1 aromatic carbocycles. The highest BCUT2D eigenvalue weighted by molar-refractivity contribution is 6.03. The summed E-state index contributed by atoms with van der Waals surface area (Å²) in [6.07, 6.45) is 3.21. The molecule has 1 saturated heterocycles. The van der Waals surface area contributed by atoms with Crippen LogP contribution in [0.15, 0.2) is 29.8 Å². The first-order valence-corrected chi connectivity index (χ1v) is 8.86. The molecule has 1 aromatic heterocycles. The number of carbonyl (C=O) groups excluding carboxylic acids is 1. The van der Waals surface area contributed by atoms with Crippen LogP contribution in [-0.2, 0) is 6.42 Å². The molecule has 1 aliphatic carbocycles. The number of hydrogen-bond acceptors (Lipinski definition) is 4. The molecule has 4 rings (SSSR count). The number of ketones is 1. The third-order valence-corrected chi connectivity index (χ3v) is 6.05. The van der Waals surface area contributed by atoms with E-state index in [4.69, 9.17) is 0 Å². The SMILES string of the molecule is C/C=C1\CN(C)C2Cc3c([nH]c4ccc(O)cc34)C(=O)CC1C2CO. The summed E-state index contributed by atoms with van der Waals surface area (Å²) < 4.78 is 0. The molecule has 3 N–H and O–H groups in total. The fourth-order valence-corrected chi connectivity index (χ4v) is 4.73. The van der Waals surface area contributed by atoms with E-state index in [0.29, 0.717) is 18.5 Å². The number of phenolic OH excluding ortho intramolecular Hbond substituents is 1. The van der Waals surface area contributed by atoms with E-state index in [2.05, 4.69) is 23.0 Å². The molecule has 5 heteroatoms. The van der Waals surface area contributed by atoms with Crippen molar-refractivity contribution in [1.29, 1.82) is 0 Å². The summed E-state index contributed by atoms with van der Waals surface area (Å²) >= 11 is 0. The molecule has 2 aromatic rings. The van der Waals surface area contributed by atoms with E-state index in [0.717, 1.165) is 23.0 Å². The van der Waals surface area contributed by atoms with Crippen molar-refractivity contribution >= 4 is 16.7 Å². The number of aromatic amines is 1. The normalized spacial score (nSPS) is 28.8. The number of rotatable bonds is 1. The van der Waals surface area contributed by atoms with E-state index in [1.165, 1.54) is 5.57 Å². The molecule has 3 atom stereocenters. The molecule has 132 valence electrons. The number of allylic oxidation sites excluding steroid dienone is 1. The number of aromatic hydroxyl groups is 1. The number of likely N-dealkylation sites (N-methyl/N-ethyl adjacent to an activating group) is 1. The summed E-state index contributed by atoms with van der Waals surface area (Å²) in [6.45, 7) is 2.92. The summed E-state index contributed by atoms with van der Waals surface area (Å²) in [5, 5.41) is 20.9. The monoisotopic (exact) mass is 340 g/mol. The van der Waals surface area contributed by atoms with Gasteiger partial charge in [0.15, 0.2) is 5.78 Å². The number of aliphatic hydroxyl groups excluding tert-OH is 1. The number of aliphatic hydroxyl groups is 1. The van der Waals surface area contributed by atoms with E-state index in [-0.39, 0.29) is 36.0 Å². The summed E-state index contributed by atoms with van der Waals surface area (Å²) in [6, 6.07) is 5.35. The Hall–Kier alpha value is -2.11. The molecular weight excluding hydrogens is 316 g/mol. The lowest BCUT2D eigenvalue weighted by molar-refractivity contribution is 0.0518. The number of piperidine rings is 1. The predicted molar refractivity (Wildman–Crippen MR) is 96.9 cm³/mol. The maximum Gasteiger partial charge on any atom is 0.179 e. The first kappa shape index (κ1) is 16.4. The number of nitrogens with one attached hydrogen (secondary N) is 1. The largest absolute Gasteiger partial charge is 0.508 e. The summed E-state index contributed by atoms with van der Waals surface area (Å²) in [5.41, 5.74) is 3.75. The number of likely N-dealkylation sites (tertiary alicyclic amines) is 1. The smallest absolute Gasteiger partial charge is 0.179 e. The van der Waals surface area contributed by atoms with Crippen LogP contribution in [0.4, 0.5) is 0 Å². The Kier molecular flexibility index (Phi) is 3.93. The van der Waals surface area contributed by atoms with Gasteiger partial charge in [-0.05, 0) is 50.1 Å². The van der Waals surface area contributed by atoms with Crippen LogP contribution in [-0.4, -0.2) is 52.1 Å². The predicted octanol–water partition coefficient (Wildman–Crippen LogP) is 2.49. The number of carbonyl (C=O) groups is 1. The molecule has 0 amide bonds. The Bertz CT molecular complexity index is 867. The molecule has 2 bridgehead atoms. The van der Waals surface area contributed by atoms with E-state index < -0.39 is 0 Å². The lowest BCUT2D eigenvalue weighted by Gasteiger charge is -2.46. The lowest BCUT2D eigenvalue weighted by Crippen LogP contribution is -2.52. The van der Waals surface area contributed by atoms with Gasteiger partial charge in [-0.2, -0.15) is 0 Å². The molecule has 2 aliphatic rings. The van der Waals surface area contributed by atoms with Gasteiger partial charge in [0.05, 0.1) is 5.69 Å². The Morgan fingerprint density at radius 3 is 2.88 bits per heavy atom. The van der Waals surface area contributed by atoms with Gasteiger partial charge >= 0.3 is 0 Å². The van der Waals surface area contributed by atoms with E-state index in [9.17, 15) is 15.0 Å². The van der Waals surface area contributed by atoms with Crippen molar-refractivity contribution < 1.29 is 15.0 Å². The molecule has 1 aliphatic heterocycles. The van der Waals surface area contributed by atoms with Gasteiger partial charge in [-0.25, -0.2) is 0 Å². The number of aromatic nitrogens is 1. The number of fused-ring (bicyclic) bond motifs is 5. The fourth-order valence-electron chi connectivity index (χ4n) is 4.73. The van der Waals surface area contributed by atoms with Gasteiger partial charge in [0.2, 0.25) is 0 Å². The minimum absolute atomic E-state index is 0.0457. The molecular formula is C20H24N2O3. The Morgan fingerprint density at radius 1 is 1.36 bits per heavy atom. The molecule has 0 spiro atoms. The number of nitrogens with zero attached hydrogens (tertiary/aromatic N) is 1. The number of hydrogen-bond donors (Lipinski definition) is 3. The van der Waals surface area contributed by atoms with Crippen LogP contribution in [0.1, 0.15) is 29.4 Å². The van der Waals surface area contributed by atoms with Crippen LogP contribution >= 0.6 is 0 Å². The lowest BCUT2D eigenvalue weighted by atomic mass is 9.71. The first-order valence-electron chi connectivity index (χ1n) is 8.86. The van der Waals surface area contributed by atoms with Gasteiger partial charge in [-0.3, -0.25) is 9.69 Å². The zero-order valence-corrected chi connectivity index (χ0v) is 14.6. The van der Waals surface area contributed by atoms with Crippen LogP contribution < -0.4 is 0 Å². The third kappa shape index (κ3) is 2.50. The summed E-state index contributed by atoms with van der Waals surface area (Å²) in [7, 11) is 2.09. The average molecular weight is 340 g/mol. The Morgan fingerprint density at radius 2 is 2.16 bits per heavy atom. The number of H-pyrrole nitrogens is 1. The Labute approximate surface area is 147 Å². The molecule has 0 radical (unpaired) electrons. The van der Waals surface area contributed by atoms with Gasteiger partial charge in [0, 0.05) is 42.4 Å². The van der Waals surface area contributed by atoms with Crippen molar-refractivity contribution in [3.05, 3.63) is 41.1 Å². The maximum absolute atomic E-state index is 13.0. The van der Waals surface area contributed by atoms with Crippen LogP contribution in [0.25, 0.3) is 10.9 Å². The Balaban J connectivity index is 1.90. The highest BCUT2D eigenvalue weighted by Crippen LogP contribution is 2.41. The van der Waals surface area contributed by atoms with Gasteiger partial charge in [0.1, 0.15) is 5.75 Å². The van der Waals surface area contributed by atoms with E-state index in [1.807, 2.05) is 13.0 Å².